The summed E-state index contributed by atoms with van der Waals surface area (Å²) >= 11 is 0. The summed E-state index contributed by atoms with van der Waals surface area (Å²) in [7, 11) is 0. The molecule has 1 aliphatic heterocycles. The van der Waals surface area contributed by atoms with Crippen molar-refractivity contribution in [2.45, 2.75) is 6.42 Å². The zero-order chi connectivity index (χ0) is 8.39. The molecular weight excluding hydrogens is 155 g/mol. The molecule has 12 heavy (non-hydrogen) atoms. The first-order valence-corrected chi connectivity index (χ1v) is 3.92. The van der Waals surface area contributed by atoms with E-state index in [9.17, 15) is 4.39 Å². The second-order valence-corrected chi connectivity index (χ2v) is 2.70. The topological polar surface area (TPSA) is 24.4 Å². The third-order valence-electron chi connectivity index (χ3n) is 1.87. The molecule has 0 amide bonds. The van der Waals surface area contributed by atoms with Gasteiger partial charge in [0, 0.05) is 18.5 Å². The van der Waals surface area contributed by atoms with E-state index in [0.717, 1.165) is 18.7 Å². The van der Waals surface area contributed by atoms with Crippen molar-refractivity contribution in [3.05, 3.63) is 35.6 Å². The normalized spacial score (nSPS) is 15.6. The van der Waals surface area contributed by atoms with Gasteiger partial charge in [-0.2, -0.15) is 5.10 Å². The van der Waals surface area contributed by atoms with Crippen LogP contribution in [0.2, 0.25) is 0 Å². The molecule has 0 saturated carbocycles. The fraction of sp³-hybridized carbons (Fsp3) is 0.222. The Labute approximate surface area is 70.1 Å². The van der Waals surface area contributed by atoms with E-state index < -0.39 is 0 Å². The van der Waals surface area contributed by atoms with Gasteiger partial charge in [0.25, 0.3) is 0 Å². The van der Waals surface area contributed by atoms with Crippen LogP contribution < -0.4 is 5.43 Å². The van der Waals surface area contributed by atoms with E-state index in [2.05, 4.69) is 10.5 Å². The summed E-state index contributed by atoms with van der Waals surface area (Å²) in [5.74, 6) is -0.194. The number of nitrogens with zero attached hydrogens (tertiary/aromatic N) is 1. The number of hydrazone groups is 1. The number of halogens is 1. The molecule has 0 atom stereocenters. The largest absolute Gasteiger partial charge is 0.309 e. The molecule has 62 valence electrons. The highest BCUT2D eigenvalue weighted by Gasteiger charge is 2.11. The van der Waals surface area contributed by atoms with Gasteiger partial charge in [0.2, 0.25) is 0 Å². The number of rotatable bonds is 1. The lowest BCUT2D eigenvalue weighted by atomic mass is 10.1. The lowest BCUT2D eigenvalue weighted by molar-refractivity contribution is 0.625. The van der Waals surface area contributed by atoms with Crippen molar-refractivity contribution in [1.82, 2.24) is 5.43 Å². The highest BCUT2D eigenvalue weighted by Crippen LogP contribution is 2.11. The van der Waals surface area contributed by atoms with Crippen molar-refractivity contribution < 1.29 is 4.39 Å². The van der Waals surface area contributed by atoms with Crippen LogP contribution in [-0.2, 0) is 0 Å². The van der Waals surface area contributed by atoms with Gasteiger partial charge in [0.1, 0.15) is 5.82 Å². The van der Waals surface area contributed by atoms with Crippen molar-refractivity contribution in [1.29, 1.82) is 0 Å². The van der Waals surface area contributed by atoms with Gasteiger partial charge >= 0.3 is 0 Å². The van der Waals surface area contributed by atoms with E-state index in [1.807, 2.05) is 6.07 Å². The molecule has 0 aromatic heterocycles. The van der Waals surface area contributed by atoms with Crippen LogP contribution in [0.5, 0.6) is 0 Å². The van der Waals surface area contributed by atoms with Crippen LogP contribution in [0.15, 0.2) is 29.4 Å². The maximum atomic E-state index is 13.1. The lowest BCUT2D eigenvalue weighted by Crippen LogP contribution is -2.00. The Kier molecular flexibility index (Phi) is 1.78. The first-order valence-electron chi connectivity index (χ1n) is 3.92. The van der Waals surface area contributed by atoms with E-state index in [-0.39, 0.29) is 5.82 Å². The van der Waals surface area contributed by atoms with E-state index in [0.29, 0.717) is 5.56 Å². The molecule has 0 unspecified atom stereocenters. The minimum absolute atomic E-state index is 0.194. The fourth-order valence-corrected chi connectivity index (χ4v) is 1.27. The van der Waals surface area contributed by atoms with Gasteiger partial charge in [-0.25, -0.2) is 4.39 Å². The average molecular weight is 164 g/mol. The van der Waals surface area contributed by atoms with Crippen LogP contribution in [0.3, 0.4) is 0 Å². The highest BCUT2D eigenvalue weighted by molar-refractivity contribution is 6.01. The highest BCUT2D eigenvalue weighted by atomic mass is 19.1. The molecule has 1 aromatic rings. The van der Waals surface area contributed by atoms with Crippen LogP contribution in [0, 0.1) is 5.82 Å². The van der Waals surface area contributed by atoms with E-state index in [1.165, 1.54) is 6.07 Å². The van der Waals surface area contributed by atoms with Gasteiger partial charge in [-0.1, -0.05) is 18.2 Å². The molecule has 3 heteroatoms. The summed E-state index contributed by atoms with van der Waals surface area (Å²) in [6, 6.07) is 6.71. The Morgan fingerprint density at radius 3 is 2.83 bits per heavy atom. The fourth-order valence-electron chi connectivity index (χ4n) is 1.27. The lowest BCUT2D eigenvalue weighted by Gasteiger charge is -1.99. The molecule has 0 spiro atoms. The SMILES string of the molecule is Fc1ccccc1C1=NNCC1. The van der Waals surface area contributed by atoms with Crippen LogP contribution in [0.4, 0.5) is 4.39 Å². The molecule has 0 saturated heterocycles. The second-order valence-electron chi connectivity index (χ2n) is 2.70. The molecule has 1 aromatic carbocycles. The molecular formula is C9H9FN2. The summed E-state index contributed by atoms with van der Waals surface area (Å²) in [6.07, 6.45) is 0.806. The molecule has 1 heterocycles. The predicted molar refractivity (Wildman–Crippen MR) is 45.6 cm³/mol. The summed E-state index contributed by atoms with van der Waals surface area (Å²) in [4.78, 5) is 0. The van der Waals surface area contributed by atoms with Crippen LogP contribution in [0.1, 0.15) is 12.0 Å². The van der Waals surface area contributed by atoms with E-state index in [4.69, 9.17) is 0 Å². The molecule has 0 fully saturated rings. The van der Waals surface area contributed by atoms with Crippen molar-refractivity contribution in [2.24, 2.45) is 5.10 Å². The smallest absolute Gasteiger partial charge is 0.132 e. The third kappa shape index (κ3) is 1.18. The first kappa shape index (κ1) is 7.28. The Morgan fingerprint density at radius 2 is 2.17 bits per heavy atom. The van der Waals surface area contributed by atoms with Crippen molar-refractivity contribution >= 4 is 5.71 Å². The van der Waals surface area contributed by atoms with Crippen molar-refractivity contribution in [2.75, 3.05) is 6.54 Å². The molecule has 0 radical (unpaired) electrons. The number of benzene rings is 1. The number of hydrogen-bond donors (Lipinski definition) is 1. The van der Waals surface area contributed by atoms with Gasteiger partial charge in [-0.05, 0) is 6.07 Å². The summed E-state index contributed by atoms with van der Waals surface area (Å²) in [5, 5.41) is 3.99. The van der Waals surface area contributed by atoms with E-state index in [1.54, 1.807) is 12.1 Å². The summed E-state index contributed by atoms with van der Waals surface area (Å²) in [6.45, 7) is 0.809. The number of nitrogens with one attached hydrogen (secondary N) is 1. The monoisotopic (exact) mass is 164 g/mol. The molecule has 0 aliphatic carbocycles. The minimum atomic E-state index is -0.194. The third-order valence-corrected chi connectivity index (χ3v) is 1.87. The minimum Gasteiger partial charge on any atom is -0.309 e. The van der Waals surface area contributed by atoms with Crippen molar-refractivity contribution in [3.63, 3.8) is 0 Å². The maximum Gasteiger partial charge on any atom is 0.132 e. The summed E-state index contributed by atoms with van der Waals surface area (Å²) < 4.78 is 13.1. The van der Waals surface area contributed by atoms with Crippen LogP contribution in [-0.4, -0.2) is 12.3 Å². The molecule has 0 bridgehead atoms. The van der Waals surface area contributed by atoms with E-state index >= 15 is 0 Å². The number of hydrogen-bond acceptors (Lipinski definition) is 2. The van der Waals surface area contributed by atoms with Gasteiger partial charge in [-0.15, -0.1) is 0 Å². The second kappa shape index (κ2) is 2.93. The Hall–Kier alpha value is -1.38. The van der Waals surface area contributed by atoms with Crippen molar-refractivity contribution in [3.8, 4) is 0 Å². The van der Waals surface area contributed by atoms with Gasteiger partial charge < -0.3 is 5.43 Å². The van der Waals surface area contributed by atoms with Crippen LogP contribution >= 0.6 is 0 Å². The molecule has 1 N–H and O–H groups in total. The Morgan fingerprint density at radius 1 is 1.33 bits per heavy atom. The molecule has 2 rings (SSSR count). The molecule has 1 aliphatic rings. The van der Waals surface area contributed by atoms with Crippen LogP contribution in [0.25, 0.3) is 0 Å². The maximum absolute atomic E-state index is 13.1. The quantitative estimate of drug-likeness (QED) is 0.668. The summed E-state index contributed by atoms with van der Waals surface area (Å²) in [5.41, 5.74) is 4.25. The zero-order valence-corrected chi connectivity index (χ0v) is 6.55. The molecule has 2 nitrogen and oxygen atoms in total. The zero-order valence-electron chi connectivity index (χ0n) is 6.55. The van der Waals surface area contributed by atoms with Gasteiger partial charge in [-0.3, -0.25) is 0 Å². The first-order chi connectivity index (χ1) is 5.88. The van der Waals surface area contributed by atoms with Gasteiger partial charge in [0.15, 0.2) is 0 Å². The van der Waals surface area contributed by atoms with Gasteiger partial charge in [0.05, 0.1) is 5.71 Å². The predicted octanol–water partition coefficient (Wildman–Crippen LogP) is 1.52. The average Bonchev–Trinajstić information content (AvgIpc) is 2.57. The Bertz CT molecular complexity index is 320. The Balaban J connectivity index is 2.39. The standard InChI is InChI=1S/C9H9FN2/c10-8-4-2-1-3-7(8)9-5-6-11-12-9/h1-4,11H,5-6H2.